The number of benzene rings is 1. The Hall–Kier alpha value is -0.780. The highest BCUT2D eigenvalue weighted by Gasteiger charge is 2.36. The second-order valence-electron chi connectivity index (χ2n) is 5.38. The van der Waals surface area contributed by atoms with Gasteiger partial charge in [-0.05, 0) is 42.9 Å². The number of nitrogens with zero attached hydrogens (tertiary/aromatic N) is 1. The second-order valence-corrected chi connectivity index (χ2v) is 7.83. The van der Waals surface area contributed by atoms with Gasteiger partial charge in [-0.3, -0.25) is 0 Å². The Kier molecular flexibility index (Phi) is 3.82. The standard InChI is InChI=1S/C13H19ClN2O2S/c1-8-4-10(8)7-16(3)19(17,18)11-5-12(14)9(2)13(15)6-11/h5-6,8,10H,4,7,15H2,1-3H3. The van der Waals surface area contributed by atoms with E-state index in [1.165, 1.54) is 16.4 Å². The van der Waals surface area contributed by atoms with Crippen LogP contribution in [0.3, 0.4) is 0 Å². The summed E-state index contributed by atoms with van der Waals surface area (Å²) in [6.45, 7) is 4.45. The molecule has 1 aliphatic rings. The van der Waals surface area contributed by atoms with E-state index >= 15 is 0 Å². The Morgan fingerprint density at radius 2 is 2.05 bits per heavy atom. The van der Waals surface area contributed by atoms with Crippen LogP contribution in [0.4, 0.5) is 5.69 Å². The van der Waals surface area contributed by atoms with E-state index in [9.17, 15) is 8.42 Å². The molecule has 0 bridgehead atoms. The van der Waals surface area contributed by atoms with Crippen molar-refractivity contribution < 1.29 is 8.42 Å². The molecule has 2 rings (SSSR count). The Morgan fingerprint density at radius 3 is 2.53 bits per heavy atom. The van der Waals surface area contributed by atoms with E-state index in [0.29, 0.717) is 34.7 Å². The molecule has 2 atom stereocenters. The minimum absolute atomic E-state index is 0.163. The number of sulfonamides is 1. The lowest BCUT2D eigenvalue weighted by Crippen LogP contribution is -2.29. The highest BCUT2D eigenvalue weighted by atomic mass is 35.5. The smallest absolute Gasteiger partial charge is 0.242 e. The van der Waals surface area contributed by atoms with Crippen LogP contribution in [-0.2, 0) is 10.0 Å². The van der Waals surface area contributed by atoms with E-state index in [-0.39, 0.29) is 4.90 Å². The molecule has 0 spiro atoms. The third-order valence-electron chi connectivity index (χ3n) is 3.83. The first-order valence-corrected chi connectivity index (χ1v) is 8.07. The SMILES string of the molecule is Cc1c(N)cc(S(=O)(=O)N(C)CC2CC2C)cc1Cl. The Labute approximate surface area is 119 Å². The molecule has 1 aliphatic carbocycles. The van der Waals surface area contributed by atoms with Crippen LogP contribution in [0.25, 0.3) is 0 Å². The quantitative estimate of drug-likeness (QED) is 0.869. The molecule has 0 saturated heterocycles. The molecule has 1 fully saturated rings. The number of rotatable bonds is 4. The molecule has 1 saturated carbocycles. The molecule has 0 amide bonds. The highest BCUT2D eigenvalue weighted by Crippen LogP contribution is 2.39. The Morgan fingerprint density at radius 1 is 1.47 bits per heavy atom. The minimum atomic E-state index is -3.51. The van der Waals surface area contributed by atoms with E-state index in [2.05, 4.69) is 6.92 Å². The molecular weight excluding hydrogens is 284 g/mol. The fourth-order valence-electron chi connectivity index (χ4n) is 2.08. The largest absolute Gasteiger partial charge is 0.398 e. The Bertz CT molecular complexity index is 578. The third kappa shape index (κ3) is 2.88. The number of anilines is 1. The molecule has 106 valence electrons. The number of hydrogen-bond acceptors (Lipinski definition) is 3. The van der Waals surface area contributed by atoms with E-state index in [1.807, 2.05) is 0 Å². The zero-order valence-electron chi connectivity index (χ0n) is 11.4. The summed E-state index contributed by atoms with van der Waals surface area (Å²) < 4.78 is 26.2. The van der Waals surface area contributed by atoms with Crippen molar-refractivity contribution in [1.29, 1.82) is 0 Å². The second kappa shape index (κ2) is 4.96. The third-order valence-corrected chi connectivity index (χ3v) is 6.03. The summed E-state index contributed by atoms with van der Waals surface area (Å²) >= 11 is 6.01. The topological polar surface area (TPSA) is 63.4 Å². The van der Waals surface area contributed by atoms with Crippen LogP contribution in [0.5, 0.6) is 0 Å². The van der Waals surface area contributed by atoms with Gasteiger partial charge in [0.25, 0.3) is 0 Å². The lowest BCUT2D eigenvalue weighted by atomic mass is 10.2. The van der Waals surface area contributed by atoms with Gasteiger partial charge in [-0.15, -0.1) is 0 Å². The molecule has 2 unspecified atom stereocenters. The van der Waals surface area contributed by atoms with E-state index in [4.69, 9.17) is 17.3 Å². The van der Waals surface area contributed by atoms with Crippen molar-refractivity contribution in [1.82, 2.24) is 4.31 Å². The summed E-state index contributed by atoms with van der Waals surface area (Å²) in [6.07, 6.45) is 1.09. The van der Waals surface area contributed by atoms with Gasteiger partial charge >= 0.3 is 0 Å². The summed E-state index contributed by atoms with van der Waals surface area (Å²) in [7, 11) is -1.91. The van der Waals surface area contributed by atoms with Crippen molar-refractivity contribution in [3.63, 3.8) is 0 Å². The van der Waals surface area contributed by atoms with Crippen molar-refractivity contribution in [2.75, 3.05) is 19.3 Å². The Balaban J connectivity index is 2.28. The number of hydrogen-bond donors (Lipinski definition) is 1. The zero-order valence-corrected chi connectivity index (χ0v) is 12.9. The van der Waals surface area contributed by atoms with Crippen molar-refractivity contribution in [2.24, 2.45) is 11.8 Å². The molecule has 6 heteroatoms. The van der Waals surface area contributed by atoms with Crippen LogP contribution in [-0.4, -0.2) is 26.3 Å². The first-order valence-electron chi connectivity index (χ1n) is 6.25. The van der Waals surface area contributed by atoms with Gasteiger partial charge in [0.15, 0.2) is 0 Å². The predicted molar refractivity (Wildman–Crippen MR) is 77.7 cm³/mol. The van der Waals surface area contributed by atoms with Crippen molar-refractivity contribution in [3.05, 3.63) is 22.7 Å². The van der Waals surface area contributed by atoms with Gasteiger partial charge in [-0.2, -0.15) is 0 Å². The number of nitrogen functional groups attached to an aromatic ring is 1. The van der Waals surface area contributed by atoms with Gasteiger partial charge in [-0.25, -0.2) is 12.7 Å². The van der Waals surface area contributed by atoms with E-state index in [1.54, 1.807) is 14.0 Å². The normalized spacial score (nSPS) is 22.8. The summed E-state index contributed by atoms with van der Waals surface area (Å²) in [5.74, 6) is 1.09. The van der Waals surface area contributed by atoms with Crippen molar-refractivity contribution >= 4 is 27.3 Å². The van der Waals surface area contributed by atoms with Gasteiger partial charge in [0.05, 0.1) is 4.90 Å². The van der Waals surface area contributed by atoms with Crippen LogP contribution in [0.1, 0.15) is 18.9 Å². The van der Waals surface area contributed by atoms with Gasteiger partial charge in [0.2, 0.25) is 10.0 Å². The lowest BCUT2D eigenvalue weighted by Gasteiger charge is -2.18. The average molecular weight is 303 g/mol. The minimum Gasteiger partial charge on any atom is -0.398 e. The summed E-state index contributed by atoms with van der Waals surface area (Å²) in [6, 6.07) is 2.94. The molecule has 1 aromatic carbocycles. The summed E-state index contributed by atoms with van der Waals surface area (Å²) in [5, 5.41) is 0.381. The zero-order chi connectivity index (χ0) is 14.4. The average Bonchev–Trinajstić information content (AvgIpc) is 3.00. The van der Waals surface area contributed by atoms with Crippen LogP contribution in [0, 0.1) is 18.8 Å². The lowest BCUT2D eigenvalue weighted by molar-refractivity contribution is 0.445. The summed E-state index contributed by atoms with van der Waals surface area (Å²) in [4.78, 5) is 0.163. The van der Waals surface area contributed by atoms with Crippen molar-refractivity contribution in [2.45, 2.75) is 25.2 Å². The predicted octanol–water partition coefficient (Wildman–Crippen LogP) is 2.51. The van der Waals surface area contributed by atoms with Gasteiger partial charge in [0, 0.05) is 24.3 Å². The highest BCUT2D eigenvalue weighted by molar-refractivity contribution is 7.89. The fourth-order valence-corrected chi connectivity index (χ4v) is 3.67. The molecule has 19 heavy (non-hydrogen) atoms. The van der Waals surface area contributed by atoms with E-state index in [0.717, 1.165) is 6.42 Å². The monoisotopic (exact) mass is 302 g/mol. The van der Waals surface area contributed by atoms with Gasteiger partial charge in [-0.1, -0.05) is 18.5 Å². The number of nitrogens with two attached hydrogens (primary N) is 1. The molecule has 2 N–H and O–H groups in total. The van der Waals surface area contributed by atoms with Gasteiger partial charge < -0.3 is 5.73 Å². The van der Waals surface area contributed by atoms with Crippen LogP contribution in [0.15, 0.2) is 17.0 Å². The summed E-state index contributed by atoms with van der Waals surface area (Å²) in [5.41, 5.74) is 6.90. The number of halogens is 1. The molecule has 0 aliphatic heterocycles. The molecule has 4 nitrogen and oxygen atoms in total. The maximum atomic E-state index is 12.4. The van der Waals surface area contributed by atoms with Crippen LogP contribution < -0.4 is 5.73 Å². The van der Waals surface area contributed by atoms with Gasteiger partial charge in [0.1, 0.15) is 0 Å². The molecule has 0 aromatic heterocycles. The van der Waals surface area contributed by atoms with Crippen LogP contribution in [0.2, 0.25) is 5.02 Å². The first kappa shape index (κ1) is 14.6. The molecule has 1 aromatic rings. The van der Waals surface area contributed by atoms with Crippen molar-refractivity contribution in [3.8, 4) is 0 Å². The fraction of sp³-hybridized carbons (Fsp3) is 0.538. The molecule has 0 radical (unpaired) electrons. The maximum Gasteiger partial charge on any atom is 0.242 e. The molecule has 0 heterocycles. The maximum absolute atomic E-state index is 12.4. The van der Waals surface area contributed by atoms with E-state index < -0.39 is 10.0 Å². The van der Waals surface area contributed by atoms with Crippen LogP contribution >= 0.6 is 11.6 Å². The molecular formula is C13H19ClN2O2S. The first-order chi connectivity index (χ1) is 8.73.